The number of likely N-dealkylation sites (N-methyl/N-ethyl adjacent to an activating group) is 1. The van der Waals surface area contributed by atoms with E-state index in [9.17, 15) is 18.9 Å². The number of carbonyl (C=O) groups is 2. The molecule has 2 aliphatic heterocycles. The zero-order chi connectivity index (χ0) is 32.2. The first-order valence-corrected chi connectivity index (χ1v) is 15.5. The number of hydrogen-bond donors (Lipinski definition) is 2. The number of anilines is 1. The Kier molecular flexibility index (Phi) is 10.4. The molecule has 6 atom stereocenters. The fourth-order valence-corrected chi connectivity index (χ4v) is 6.27. The van der Waals surface area contributed by atoms with Crippen LogP contribution in [0.2, 0.25) is 0 Å². The number of para-hydroxylation sites is 1. The van der Waals surface area contributed by atoms with Gasteiger partial charge in [-0.3, -0.25) is 23.6 Å². The van der Waals surface area contributed by atoms with Crippen LogP contribution in [0.15, 0.2) is 47.4 Å². The summed E-state index contributed by atoms with van der Waals surface area (Å²) in [5, 5.41) is 2.46. The quantitative estimate of drug-likeness (QED) is 0.255. The summed E-state index contributed by atoms with van der Waals surface area (Å²) < 4.78 is 73.6. The molecule has 242 valence electrons. The lowest BCUT2D eigenvalue weighted by molar-refractivity contribution is -0.180. The maximum atomic E-state index is 16.0. The standard InChI is InChI=1S/C27H36F2N5O9P/c1-16(2)40-23(35)17(3)32-44(38,43-18-9-6-5-7-10-18)39-15-20-22(42-24(36)19-11-8-13-33(19)4)27(28,29)25(41-20)34-14-12-21(30)31-26(34)37/h5-7,9-10,12,14,16-17,19-20,22,25H,8,11,13,15H2,1-4H3,(H,32,38)(H2,30,31,37). The van der Waals surface area contributed by atoms with E-state index in [0.717, 1.165) is 12.3 Å². The third-order valence-corrected chi connectivity index (χ3v) is 8.57. The number of benzene rings is 1. The van der Waals surface area contributed by atoms with E-state index in [4.69, 9.17) is 29.0 Å². The van der Waals surface area contributed by atoms with E-state index in [1.165, 1.54) is 19.1 Å². The number of halogens is 2. The Labute approximate surface area is 252 Å². The Bertz CT molecular complexity index is 1430. The second-order valence-electron chi connectivity index (χ2n) is 10.8. The molecular weight excluding hydrogens is 607 g/mol. The number of esters is 2. The van der Waals surface area contributed by atoms with Gasteiger partial charge in [0.1, 0.15) is 29.8 Å². The Morgan fingerprint density at radius 2 is 1.93 bits per heavy atom. The third kappa shape index (κ3) is 7.80. The van der Waals surface area contributed by atoms with E-state index in [1.807, 2.05) is 0 Å². The van der Waals surface area contributed by atoms with Crippen LogP contribution in [0.5, 0.6) is 5.75 Å². The van der Waals surface area contributed by atoms with Crippen molar-refractivity contribution in [1.29, 1.82) is 0 Å². The lowest BCUT2D eigenvalue weighted by Gasteiger charge is -2.28. The zero-order valence-electron chi connectivity index (χ0n) is 24.6. The van der Waals surface area contributed by atoms with Crippen LogP contribution in [-0.2, 0) is 32.9 Å². The molecular formula is C27H36F2N5O9P. The fourth-order valence-electron chi connectivity index (χ4n) is 4.77. The first-order valence-electron chi connectivity index (χ1n) is 14.0. The topological polar surface area (TPSA) is 174 Å². The Morgan fingerprint density at radius 3 is 2.55 bits per heavy atom. The summed E-state index contributed by atoms with van der Waals surface area (Å²) in [7, 11) is -2.84. The van der Waals surface area contributed by atoms with Gasteiger partial charge in [0.05, 0.1) is 12.7 Å². The van der Waals surface area contributed by atoms with Crippen LogP contribution in [0.25, 0.3) is 0 Å². The number of ether oxygens (including phenoxy) is 3. The smallest absolute Gasteiger partial charge is 0.459 e. The molecule has 1 aromatic heterocycles. The number of nitrogen functional groups attached to an aromatic ring is 1. The number of likely N-dealkylation sites (tertiary alicyclic amines) is 1. The summed E-state index contributed by atoms with van der Waals surface area (Å²) >= 11 is 0. The van der Waals surface area contributed by atoms with Crippen molar-refractivity contribution in [3.8, 4) is 5.75 Å². The van der Waals surface area contributed by atoms with Gasteiger partial charge in [0.15, 0.2) is 6.10 Å². The fraction of sp³-hybridized carbons (Fsp3) is 0.556. The second-order valence-corrected chi connectivity index (χ2v) is 12.5. The first-order chi connectivity index (χ1) is 20.7. The number of nitrogens with two attached hydrogens (primary N) is 1. The van der Waals surface area contributed by atoms with Crippen molar-refractivity contribution in [2.75, 3.05) is 25.9 Å². The molecule has 17 heteroatoms. The molecule has 3 heterocycles. The van der Waals surface area contributed by atoms with Gasteiger partial charge in [-0.2, -0.15) is 18.9 Å². The molecule has 2 fully saturated rings. The third-order valence-electron chi connectivity index (χ3n) is 6.92. The van der Waals surface area contributed by atoms with E-state index in [1.54, 1.807) is 44.0 Å². The van der Waals surface area contributed by atoms with Crippen LogP contribution in [0.4, 0.5) is 14.6 Å². The molecule has 1 aromatic carbocycles. The van der Waals surface area contributed by atoms with Gasteiger partial charge in [-0.05, 0) is 65.4 Å². The number of nitrogens with zero attached hydrogens (tertiary/aromatic N) is 3. The average Bonchev–Trinajstić information content (AvgIpc) is 3.48. The van der Waals surface area contributed by atoms with Gasteiger partial charge in [0.2, 0.25) is 6.23 Å². The molecule has 2 aliphatic rings. The number of carbonyl (C=O) groups excluding carboxylic acids is 2. The number of nitrogens with one attached hydrogen (secondary N) is 1. The molecule has 14 nitrogen and oxygen atoms in total. The monoisotopic (exact) mass is 643 g/mol. The van der Waals surface area contributed by atoms with E-state index >= 15 is 8.78 Å². The van der Waals surface area contributed by atoms with Crippen LogP contribution >= 0.6 is 7.75 Å². The van der Waals surface area contributed by atoms with Gasteiger partial charge in [-0.15, -0.1) is 0 Å². The highest BCUT2D eigenvalue weighted by Gasteiger charge is 2.63. The number of alkyl halides is 2. The van der Waals surface area contributed by atoms with Crippen molar-refractivity contribution in [3.05, 3.63) is 53.1 Å². The predicted octanol–water partition coefficient (Wildman–Crippen LogP) is 2.50. The van der Waals surface area contributed by atoms with Gasteiger partial charge in [0.25, 0.3) is 0 Å². The van der Waals surface area contributed by atoms with Gasteiger partial charge >= 0.3 is 31.3 Å². The van der Waals surface area contributed by atoms with Crippen LogP contribution in [-0.4, -0.2) is 82.9 Å². The Balaban J connectivity index is 1.62. The minimum Gasteiger partial charge on any atom is -0.462 e. The van der Waals surface area contributed by atoms with E-state index in [2.05, 4.69) is 10.1 Å². The molecule has 6 unspecified atom stereocenters. The molecule has 0 amide bonds. The number of aromatic nitrogens is 2. The maximum absolute atomic E-state index is 16.0. The summed E-state index contributed by atoms with van der Waals surface area (Å²) in [5.74, 6) is -5.79. The van der Waals surface area contributed by atoms with Crippen molar-refractivity contribution in [3.63, 3.8) is 0 Å². The van der Waals surface area contributed by atoms with Crippen LogP contribution in [0, 0.1) is 0 Å². The molecule has 2 saturated heterocycles. The highest BCUT2D eigenvalue weighted by Crippen LogP contribution is 2.49. The lowest BCUT2D eigenvalue weighted by Crippen LogP contribution is -2.47. The van der Waals surface area contributed by atoms with E-state index in [0.29, 0.717) is 24.0 Å². The highest BCUT2D eigenvalue weighted by molar-refractivity contribution is 7.52. The summed E-state index contributed by atoms with van der Waals surface area (Å²) in [6.07, 6.45) is -4.74. The van der Waals surface area contributed by atoms with Gasteiger partial charge in [-0.1, -0.05) is 18.2 Å². The predicted molar refractivity (Wildman–Crippen MR) is 152 cm³/mol. The van der Waals surface area contributed by atoms with Crippen molar-refractivity contribution in [1.82, 2.24) is 19.5 Å². The molecule has 0 aliphatic carbocycles. The molecule has 0 saturated carbocycles. The number of rotatable bonds is 12. The maximum Gasteiger partial charge on any atom is 0.459 e. The van der Waals surface area contributed by atoms with Crippen molar-refractivity contribution in [2.45, 2.75) is 76.2 Å². The molecule has 4 rings (SSSR count). The average molecular weight is 644 g/mol. The first kappa shape index (κ1) is 33.5. The van der Waals surface area contributed by atoms with Crippen LogP contribution < -0.4 is 21.0 Å². The van der Waals surface area contributed by atoms with Crippen LogP contribution in [0.3, 0.4) is 0 Å². The molecule has 0 spiro atoms. The molecule has 0 radical (unpaired) electrons. The highest BCUT2D eigenvalue weighted by atomic mass is 31.2. The minimum absolute atomic E-state index is 0.0788. The van der Waals surface area contributed by atoms with Gasteiger partial charge in [0, 0.05) is 6.20 Å². The Hall–Kier alpha value is -3.43. The van der Waals surface area contributed by atoms with Crippen LogP contribution in [0.1, 0.15) is 39.8 Å². The second kappa shape index (κ2) is 13.7. The SMILES string of the molecule is CC(C)OC(=O)C(C)NP(=O)(OCC1OC(n2ccc(N)nc2=O)C(F)(F)C1OC(=O)C1CCCN1C)Oc1ccccc1. The summed E-state index contributed by atoms with van der Waals surface area (Å²) in [5.41, 5.74) is 4.38. The van der Waals surface area contributed by atoms with Crippen molar-refractivity contribution >= 4 is 25.5 Å². The molecule has 0 bridgehead atoms. The van der Waals surface area contributed by atoms with E-state index < -0.39 is 74.5 Å². The normalized spacial score (nSPS) is 25.3. The summed E-state index contributed by atoms with van der Waals surface area (Å²) in [6.45, 7) is 4.31. The lowest BCUT2D eigenvalue weighted by atomic mass is 10.1. The largest absolute Gasteiger partial charge is 0.462 e. The molecule has 44 heavy (non-hydrogen) atoms. The Morgan fingerprint density at radius 1 is 1.23 bits per heavy atom. The van der Waals surface area contributed by atoms with Crippen molar-refractivity contribution < 1.29 is 46.2 Å². The van der Waals surface area contributed by atoms with Gasteiger partial charge < -0.3 is 24.5 Å². The number of hydrogen-bond acceptors (Lipinski definition) is 12. The van der Waals surface area contributed by atoms with Crippen molar-refractivity contribution in [2.24, 2.45) is 0 Å². The molecule has 2 aromatic rings. The summed E-state index contributed by atoms with van der Waals surface area (Å²) in [4.78, 5) is 43.1. The summed E-state index contributed by atoms with van der Waals surface area (Å²) in [6, 6.07) is 6.94. The zero-order valence-corrected chi connectivity index (χ0v) is 25.5. The minimum atomic E-state index is -4.51. The molecule has 3 N–H and O–H groups in total. The van der Waals surface area contributed by atoms with E-state index in [-0.39, 0.29) is 11.6 Å². The van der Waals surface area contributed by atoms with Gasteiger partial charge in [-0.25, -0.2) is 9.36 Å².